The first-order valence-electron chi connectivity index (χ1n) is 8.09. The highest BCUT2D eigenvalue weighted by Gasteiger charge is 2.16. The predicted molar refractivity (Wildman–Crippen MR) is 98.1 cm³/mol. The molecule has 7 nitrogen and oxygen atoms in total. The molecule has 2 aromatic rings. The fraction of sp³-hybridized carbons (Fsp3) is 0.278. The molecule has 0 aliphatic heterocycles. The number of halogens is 1. The van der Waals surface area contributed by atoms with Crippen LogP contribution in [0.25, 0.3) is 0 Å². The minimum Gasteiger partial charge on any atom is -0.450 e. The van der Waals surface area contributed by atoms with Crippen molar-refractivity contribution in [3.05, 3.63) is 63.2 Å². The molecule has 0 saturated heterocycles. The van der Waals surface area contributed by atoms with E-state index in [0.717, 1.165) is 6.42 Å². The molecule has 1 amide bonds. The van der Waals surface area contributed by atoms with Gasteiger partial charge in [0.05, 0.1) is 4.92 Å². The van der Waals surface area contributed by atoms with Crippen LogP contribution in [-0.2, 0) is 4.74 Å². The van der Waals surface area contributed by atoms with E-state index in [1.54, 1.807) is 24.3 Å². The van der Waals surface area contributed by atoms with Gasteiger partial charge in [0.15, 0.2) is 0 Å². The van der Waals surface area contributed by atoms with Crippen molar-refractivity contribution < 1.29 is 19.2 Å². The van der Waals surface area contributed by atoms with E-state index in [4.69, 9.17) is 21.1 Å². The van der Waals surface area contributed by atoms with Crippen LogP contribution in [0.4, 0.5) is 5.69 Å². The number of ether oxygens (including phenoxy) is 2. The number of hydrogen-bond donors (Lipinski definition) is 1. The molecule has 1 N–H and O–H groups in total. The lowest BCUT2D eigenvalue weighted by Gasteiger charge is -2.08. The third kappa shape index (κ3) is 5.72. The molecule has 0 fully saturated rings. The average molecular weight is 379 g/mol. The van der Waals surface area contributed by atoms with Crippen molar-refractivity contribution in [1.29, 1.82) is 0 Å². The number of carbonyl (C=O) groups excluding carboxylic acids is 1. The second-order valence-corrected chi connectivity index (χ2v) is 5.74. The maximum Gasteiger partial charge on any atom is 0.313 e. The molecule has 0 aliphatic rings. The summed E-state index contributed by atoms with van der Waals surface area (Å²) in [7, 11) is 0. The van der Waals surface area contributed by atoms with Crippen molar-refractivity contribution in [1.82, 2.24) is 5.32 Å². The maximum atomic E-state index is 12.0. The monoisotopic (exact) mass is 378 g/mol. The van der Waals surface area contributed by atoms with Crippen LogP contribution in [0.2, 0.25) is 5.02 Å². The Balaban J connectivity index is 1.97. The van der Waals surface area contributed by atoms with E-state index >= 15 is 0 Å². The van der Waals surface area contributed by atoms with E-state index in [-0.39, 0.29) is 22.4 Å². The summed E-state index contributed by atoms with van der Waals surface area (Å²) in [5, 5.41) is 14.1. The molecule has 8 heteroatoms. The molecular formula is C18H19ClN2O5. The van der Waals surface area contributed by atoms with Crippen molar-refractivity contribution in [2.45, 2.75) is 13.3 Å². The van der Waals surface area contributed by atoms with E-state index in [2.05, 4.69) is 5.32 Å². The van der Waals surface area contributed by atoms with Crippen LogP contribution in [0.5, 0.6) is 11.5 Å². The zero-order chi connectivity index (χ0) is 18.9. The summed E-state index contributed by atoms with van der Waals surface area (Å²) in [5.74, 6) is 0.251. The van der Waals surface area contributed by atoms with Gasteiger partial charge in [-0.15, -0.1) is 0 Å². The highest BCUT2D eigenvalue weighted by molar-refractivity contribution is 6.30. The Hall–Kier alpha value is -2.64. The average Bonchev–Trinajstić information content (AvgIpc) is 2.63. The summed E-state index contributed by atoms with van der Waals surface area (Å²) in [5.41, 5.74) is 0.244. The quantitative estimate of drug-likeness (QED) is 0.401. The van der Waals surface area contributed by atoms with Gasteiger partial charge in [-0.25, -0.2) is 0 Å². The summed E-state index contributed by atoms with van der Waals surface area (Å²) < 4.78 is 10.7. The van der Waals surface area contributed by atoms with Crippen molar-refractivity contribution in [3.63, 3.8) is 0 Å². The fourth-order valence-corrected chi connectivity index (χ4v) is 2.31. The number of nitrogens with zero attached hydrogens (tertiary/aromatic N) is 1. The Morgan fingerprint density at radius 3 is 2.62 bits per heavy atom. The summed E-state index contributed by atoms with van der Waals surface area (Å²) in [6, 6.07) is 10.5. The largest absolute Gasteiger partial charge is 0.450 e. The Kier molecular flexibility index (Phi) is 7.37. The molecule has 0 spiro atoms. The van der Waals surface area contributed by atoms with E-state index in [1.807, 2.05) is 6.92 Å². The summed E-state index contributed by atoms with van der Waals surface area (Å²) >= 11 is 5.78. The zero-order valence-corrected chi connectivity index (χ0v) is 15.0. The van der Waals surface area contributed by atoms with Gasteiger partial charge in [0.25, 0.3) is 5.91 Å². The highest BCUT2D eigenvalue weighted by atomic mass is 35.5. The first kappa shape index (κ1) is 19.7. The normalized spacial score (nSPS) is 10.4. The van der Waals surface area contributed by atoms with E-state index in [0.29, 0.717) is 31.1 Å². The van der Waals surface area contributed by atoms with Crippen molar-refractivity contribution in [2.75, 3.05) is 19.8 Å². The number of rotatable bonds is 9. The molecule has 0 radical (unpaired) electrons. The predicted octanol–water partition coefficient (Wildman–Crippen LogP) is 4.20. The van der Waals surface area contributed by atoms with Crippen LogP contribution in [0.3, 0.4) is 0 Å². The molecule has 0 saturated carbocycles. The van der Waals surface area contributed by atoms with Crippen molar-refractivity contribution in [2.24, 2.45) is 0 Å². The molecule has 26 heavy (non-hydrogen) atoms. The van der Waals surface area contributed by atoms with Crippen LogP contribution >= 0.6 is 11.6 Å². The summed E-state index contributed by atoms with van der Waals surface area (Å²) in [4.78, 5) is 22.5. The molecule has 138 valence electrons. The fourth-order valence-electron chi connectivity index (χ4n) is 2.14. The highest BCUT2D eigenvalue weighted by Crippen LogP contribution is 2.33. The molecule has 2 aromatic carbocycles. The topological polar surface area (TPSA) is 90.7 Å². The molecule has 0 atom stereocenters. The second-order valence-electron chi connectivity index (χ2n) is 5.30. The van der Waals surface area contributed by atoms with Crippen molar-refractivity contribution in [3.8, 4) is 11.5 Å². The molecule has 0 heterocycles. The molecule has 0 bridgehead atoms. The number of carbonyl (C=O) groups is 1. The third-order valence-corrected chi connectivity index (χ3v) is 3.65. The zero-order valence-electron chi connectivity index (χ0n) is 14.2. The van der Waals surface area contributed by atoms with Crippen LogP contribution < -0.4 is 10.1 Å². The minimum atomic E-state index is -0.564. The lowest BCUT2D eigenvalue weighted by molar-refractivity contribution is -0.385. The van der Waals surface area contributed by atoms with Gasteiger partial charge >= 0.3 is 5.69 Å². The molecular weight excluding hydrogens is 360 g/mol. The van der Waals surface area contributed by atoms with Gasteiger partial charge in [0.2, 0.25) is 5.75 Å². The van der Waals surface area contributed by atoms with E-state index < -0.39 is 4.92 Å². The lowest BCUT2D eigenvalue weighted by Crippen LogP contribution is -2.25. The van der Waals surface area contributed by atoms with Crippen LogP contribution in [-0.4, -0.2) is 30.6 Å². The molecule has 0 aliphatic carbocycles. The first-order chi connectivity index (χ1) is 12.5. The summed E-state index contributed by atoms with van der Waals surface area (Å²) in [6.07, 6.45) is 0.737. The number of nitro groups is 1. The van der Waals surface area contributed by atoms with E-state index in [1.165, 1.54) is 18.2 Å². The van der Waals surface area contributed by atoms with Gasteiger partial charge in [0, 0.05) is 36.4 Å². The van der Waals surface area contributed by atoms with Gasteiger partial charge in [0.1, 0.15) is 5.75 Å². The SMILES string of the molecule is CCOCCCNC(=O)c1ccc(Oc2ccc(Cl)cc2[N+](=O)[O-])cc1. The number of benzene rings is 2. The number of hydrogen-bond acceptors (Lipinski definition) is 5. The van der Waals surface area contributed by atoms with Gasteiger partial charge in [-0.1, -0.05) is 11.6 Å². The Morgan fingerprint density at radius 2 is 1.96 bits per heavy atom. The molecule has 0 aromatic heterocycles. The van der Waals surface area contributed by atoms with Gasteiger partial charge in [-0.05, 0) is 49.7 Å². The molecule has 0 unspecified atom stereocenters. The van der Waals surface area contributed by atoms with Gasteiger partial charge in [-0.2, -0.15) is 0 Å². The maximum absolute atomic E-state index is 12.0. The van der Waals surface area contributed by atoms with Crippen molar-refractivity contribution >= 4 is 23.2 Å². The minimum absolute atomic E-state index is 0.0764. The van der Waals surface area contributed by atoms with Crippen LogP contribution in [0.1, 0.15) is 23.7 Å². The standard InChI is InChI=1S/C18H19ClN2O5/c1-2-25-11-3-10-20-18(22)13-4-7-15(8-5-13)26-17-9-6-14(19)12-16(17)21(23)24/h4-9,12H,2-3,10-11H2,1H3,(H,20,22). The van der Waals surface area contributed by atoms with Crippen LogP contribution in [0, 0.1) is 10.1 Å². The Labute approximate surface area is 156 Å². The smallest absolute Gasteiger partial charge is 0.313 e. The Bertz CT molecular complexity index is 765. The third-order valence-electron chi connectivity index (χ3n) is 3.42. The van der Waals surface area contributed by atoms with E-state index in [9.17, 15) is 14.9 Å². The number of nitro benzene ring substituents is 1. The van der Waals surface area contributed by atoms with Crippen LogP contribution in [0.15, 0.2) is 42.5 Å². The van der Waals surface area contributed by atoms with Gasteiger partial charge < -0.3 is 14.8 Å². The first-order valence-corrected chi connectivity index (χ1v) is 8.47. The van der Waals surface area contributed by atoms with Gasteiger partial charge in [-0.3, -0.25) is 14.9 Å². The number of amides is 1. The number of nitrogens with one attached hydrogen (secondary N) is 1. The Morgan fingerprint density at radius 1 is 1.23 bits per heavy atom. The summed E-state index contributed by atoms with van der Waals surface area (Å²) in [6.45, 7) is 3.69. The molecule has 2 rings (SSSR count). The second kappa shape index (κ2) is 9.74. The lowest BCUT2D eigenvalue weighted by atomic mass is 10.2.